The summed E-state index contributed by atoms with van der Waals surface area (Å²) in [5.41, 5.74) is 1.07. The largest absolute Gasteiger partial charge is 0.497 e. The lowest BCUT2D eigenvalue weighted by atomic mass is 9.86. The lowest BCUT2D eigenvalue weighted by molar-refractivity contribution is -0.127. The summed E-state index contributed by atoms with van der Waals surface area (Å²) in [6.07, 6.45) is -1.08. The molecular weight excluding hydrogens is 511 g/mol. The van der Waals surface area contributed by atoms with E-state index < -0.39 is 22.0 Å². The molecule has 1 atom stereocenters. The van der Waals surface area contributed by atoms with Gasteiger partial charge in [-0.05, 0) is 71.6 Å². The zero-order valence-electron chi connectivity index (χ0n) is 21.7. The molecule has 0 radical (unpaired) electrons. The third kappa shape index (κ3) is 6.02. The van der Waals surface area contributed by atoms with Crippen molar-refractivity contribution in [2.24, 2.45) is 0 Å². The van der Waals surface area contributed by atoms with Crippen molar-refractivity contribution in [3.8, 4) is 17.2 Å². The van der Waals surface area contributed by atoms with Gasteiger partial charge in [-0.1, -0.05) is 26.8 Å². The first-order valence-corrected chi connectivity index (χ1v) is 13.6. The lowest BCUT2D eigenvalue weighted by Crippen LogP contribution is -2.51. The molecule has 1 aliphatic heterocycles. The number of rotatable bonds is 8. The molecule has 38 heavy (non-hydrogen) atoms. The van der Waals surface area contributed by atoms with Crippen LogP contribution in [-0.2, 0) is 20.2 Å². The second-order valence-electron chi connectivity index (χ2n) is 9.84. The number of amides is 1. The van der Waals surface area contributed by atoms with Gasteiger partial charge in [-0.25, -0.2) is 12.8 Å². The molecule has 8 nitrogen and oxygen atoms in total. The van der Waals surface area contributed by atoms with Gasteiger partial charge in [0.1, 0.15) is 29.7 Å². The molecule has 4 rings (SSSR count). The van der Waals surface area contributed by atoms with Crippen LogP contribution in [0.15, 0.2) is 71.6 Å². The Morgan fingerprint density at radius 1 is 1.05 bits per heavy atom. The topological polar surface area (TPSA) is 94.2 Å². The number of carbonyl (C=O) groups excluding carboxylic acids is 1. The summed E-state index contributed by atoms with van der Waals surface area (Å²) < 4.78 is 58.5. The Bertz CT molecular complexity index is 1390. The zero-order chi connectivity index (χ0) is 27.5. The Kier molecular flexibility index (Phi) is 7.82. The van der Waals surface area contributed by atoms with E-state index >= 15 is 0 Å². The number of ether oxygens (including phenoxy) is 3. The van der Waals surface area contributed by atoms with Crippen LogP contribution in [0.4, 0.5) is 10.1 Å². The van der Waals surface area contributed by atoms with Crippen LogP contribution < -0.4 is 23.8 Å². The normalized spacial score (nSPS) is 15.3. The molecule has 0 saturated heterocycles. The molecular formula is C28H31FN2O6S. The summed E-state index contributed by atoms with van der Waals surface area (Å²) in [6.45, 7) is 6.18. The van der Waals surface area contributed by atoms with Crippen molar-refractivity contribution < 1.29 is 31.8 Å². The summed E-state index contributed by atoms with van der Waals surface area (Å²) in [5, 5.41) is 2.73. The molecule has 0 unspecified atom stereocenters. The molecule has 0 aliphatic carbocycles. The van der Waals surface area contributed by atoms with Crippen LogP contribution in [0.3, 0.4) is 0 Å². The highest BCUT2D eigenvalue weighted by molar-refractivity contribution is 7.92. The monoisotopic (exact) mass is 542 g/mol. The van der Waals surface area contributed by atoms with Gasteiger partial charge < -0.3 is 19.5 Å². The summed E-state index contributed by atoms with van der Waals surface area (Å²) in [7, 11) is -2.53. The fourth-order valence-electron chi connectivity index (χ4n) is 3.94. The van der Waals surface area contributed by atoms with E-state index in [2.05, 4.69) is 5.32 Å². The van der Waals surface area contributed by atoms with Crippen molar-refractivity contribution in [3.63, 3.8) is 0 Å². The minimum absolute atomic E-state index is 0.0687. The number of benzene rings is 3. The van der Waals surface area contributed by atoms with Crippen molar-refractivity contribution in [2.45, 2.75) is 37.2 Å². The number of anilines is 1. The molecule has 1 heterocycles. The highest BCUT2D eigenvalue weighted by Gasteiger charge is 2.38. The average molecular weight is 543 g/mol. The molecule has 0 saturated carbocycles. The highest BCUT2D eigenvalue weighted by atomic mass is 32.2. The van der Waals surface area contributed by atoms with Gasteiger partial charge in [-0.3, -0.25) is 9.10 Å². The molecule has 1 N–H and O–H groups in total. The predicted octanol–water partition coefficient (Wildman–Crippen LogP) is 4.28. The van der Waals surface area contributed by atoms with Crippen molar-refractivity contribution in [1.82, 2.24) is 5.32 Å². The number of sulfonamides is 1. The van der Waals surface area contributed by atoms with Crippen molar-refractivity contribution in [1.29, 1.82) is 0 Å². The Morgan fingerprint density at radius 2 is 1.71 bits per heavy atom. The van der Waals surface area contributed by atoms with Gasteiger partial charge in [-0.15, -0.1) is 0 Å². The molecule has 0 bridgehead atoms. The van der Waals surface area contributed by atoms with E-state index in [-0.39, 0.29) is 35.8 Å². The van der Waals surface area contributed by atoms with Crippen LogP contribution in [0.25, 0.3) is 0 Å². The predicted molar refractivity (Wildman–Crippen MR) is 142 cm³/mol. The Morgan fingerprint density at radius 3 is 2.34 bits per heavy atom. The maximum atomic E-state index is 13.8. The van der Waals surface area contributed by atoms with Gasteiger partial charge in [0.15, 0.2) is 6.10 Å². The molecule has 3 aromatic rings. The van der Waals surface area contributed by atoms with Crippen LogP contribution in [0.2, 0.25) is 0 Å². The molecule has 0 aromatic heterocycles. The number of carbonyl (C=O) groups is 1. The van der Waals surface area contributed by atoms with Gasteiger partial charge in [0, 0.05) is 0 Å². The van der Waals surface area contributed by atoms with Crippen molar-refractivity contribution in [2.75, 3.05) is 31.1 Å². The maximum absolute atomic E-state index is 13.8. The number of fused-ring (bicyclic) bond motifs is 1. The SMILES string of the molecule is COc1ccc(S(=O)(=O)N2C[C@@H](C(=O)NCCOc3ccc(F)cc3)Oc3ccc(C(C)(C)C)cc32)cc1. The Balaban J connectivity index is 1.55. The fourth-order valence-corrected chi connectivity index (χ4v) is 5.41. The number of halogens is 1. The molecule has 202 valence electrons. The van der Waals surface area contributed by atoms with Gasteiger partial charge in [0.05, 0.1) is 30.8 Å². The van der Waals surface area contributed by atoms with Crippen LogP contribution in [0, 0.1) is 5.82 Å². The average Bonchev–Trinajstić information content (AvgIpc) is 2.90. The first kappa shape index (κ1) is 27.3. The van der Waals surface area contributed by atoms with E-state index in [0.29, 0.717) is 22.9 Å². The van der Waals surface area contributed by atoms with Crippen LogP contribution in [0.1, 0.15) is 26.3 Å². The first-order valence-electron chi connectivity index (χ1n) is 12.1. The molecule has 3 aromatic carbocycles. The van der Waals surface area contributed by atoms with E-state index in [1.54, 1.807) is 24.3 Å². The maximum Gasteiger partial charge on any atom is 0.264 e. The van der Waals surface area contributed by atoms with Crippen LogP contribution >= 0.6 is 0 Å². The molecule has 0 fully saturated rings. The minimum atomic E-state index is -4.03. The second-order valence-corrected chi connectivity index (χ2v) is 11.7. The van der Waals surface area contributed by atoms with Gasteiger partial charge >= 0.3 is 0 Å². The third-order valence-electron chi connectivity index (χ3n) is 6.12. The van der Waals surface area contributed by atoms with E-state index in [4.69, 9.17) is 14.2 Å². The summed E-state index contributed by atoms with van der Waals surface area (Å²) in [5.74, 6) is 0.442. The summed E-state index contributed by atoms with van der Waals surface area (Å²) >= 11 is 0. The number of nitrogens with one attached hydrogen (secondary N) is 1. The number of hydrogen-bond donors (Lipinski definition) is 1. The second kappa shape index (κ2) is 10.9. The van der Waals surface area contributed by atoms with Gasteiger partial charge in [0.2, 0.25) is 0 Å². The van der Waals surface area contributed by atoms with E-state index in [1.165, 1.54) is 47.8 Å². The smallest absolute Gasteiger partial charge is 0.264 e. The molecule has 10 heteroatoms. The molecule has 1 aliphatic rings. The zero-order valence-corrected chi connectivity index (χ0v) is 22.5. The first-order chi connectivity index (χ1) is 18.0. The standard InChI is InChI=1S/C28H31FN2O6S/c1-28(2,3)19-5-14-25-24(17-19)31(38(33,34)23-12-10-21(35-4)11-13-23)18-26(37-25)27(32)30-15-16-36-22-8-6-20(29)7-9-22/h5-14,17,26H,15-16,18H2,1-4H3,(H,30,32)/t26-/m0/s1. The minimum Gasteiger partial charge on any atom is -0.497 e. The number of nitrogens with zero attached hydrogens (tertiary/aromatic N) is 1. The quantitative estimate of drug-likeness (QED) is 0.427. The lowest BCUT2D eigenvalue weighted by Gasteiger charge is -2.36. The highest BCUT2D eigenvalue weighted by Crippen LogP contribution is 2.40. The number of hydrogen-bond acceptors (Lipinski definition) is 6. The Labute approximate surface area is 222 Å². The summed E-state index contributed by atoms with van der Waals surface area (Å²) in [4.78, 5) is 13.1. The number of methoxy groups -OCH3 is 1. The molecule has 1 amide bonds. The van der Waals surface area contributed by atoms with Crippen LogP contribution in [-0.4, -0.2) is 47.2 Å². The van der Waals surface area contributed by atoms with Gasteiger partial charge in [-0.2, -0.15) is 0 Å². The van der Waals surface area contributed by atoms with E-state index in [0.717, 1.165) is 5.56 Å². The van der Waals surface area contributed by atoms with Crippen LogP contribution in [0.5, 0.6) is 17.2 Å². The molecule has 0 spiro atoms. The third-order valence-corrected chi connectivity index (χ3v) is 7.91. The summed E-state index contributed by atoms with van der Waals surface area (Å²) in [6, 6.07) is 17.0. The fraction of sp³-hybridized carbons (Fsp3) is 0.321. The van der Waals surface area contributed by atoms with Gasteiger partial charge in [0.25, 0.3) is 15.9 Å². The van der Waals surface area contributed by atoms with E-state index in [9.17, 15) is 17.6 Å². The van der Waals surface area contributed by atoms with Crippen molar-refractivity contribution >= 4 is 21.6 Å². The van der Waals surface area contributed by atoms with E-state index in [1.807, 2.05) is 26.8 Å². The Hall–Kier alpha value is -3.79. The van der Waals surface area contributed by atoms with Crippen molar-refractivity contribution in [3.05, 3.63) is 78.1 Å².